The van der Waals surface area contributed by atoms with E-state index in [1.165, 1.54) is 11.3 Å². The van der Waals surface area contributed by atoms with Gasteiger partial charge in [0.05, 0.1) is 17.1 Å². The van der Waals surface area contributed by atoms with Crippen molar-refractivity contribution in [2.75, 3.05) is 16.8 Å². The molecule has 1 saturated heterocycles. The minimum Gasteiger partial charge on any atom is -0.451 e. The van der Waals surface area contributed by atoms with Crippen molar-refractivity contribution in [3.05, 3.63) is 51.1 Å². The Labute approximate surface area is 190 Å². The molecule has 3 aromatic rings. The lowest BCUT2D eigenvalue weighted by molar-refractivity contribution is 0.0941. The van der Waals surface area contributed by atoms with Crippen LogP contribution in [-0.4, -0.2) is 37.8 Å². The van der Waals surface area contributed by atoms with Crippen molar-refractivity contribution in [2.45, 2.75) is 45.6 Å². The highest BCUT2D eigenvalue weighted by molar-refractivity contribution is 7.91. The van der Waals surface area contributed by atoms with Crippen LogP contribution in [0.2, 0.25) is 0 Å². The Kier molecular flexibility index (Phi) is 5.13. The molecule has 2 N–H and O–H groups in total. The minimum atomic E-state index is -3.10. The van der Waals surface area contributed by atoms with Crippen LogP contribution in [0, 0.1) is 13.8 Å². The summed E-state index contributed by atoms with van der Waals surface area (Å²) in [7, 11) is -3.10. The molecule has 0 radical (unpaired) electrons. The van der Waals surface area contributed by atoms with E-state index in [4.69, 9.17) is 4.42 Å². The Morgan fingerprint density at radius 3 is 2.72 bits per heavy atom. The van der Waals surface area contributed by atoms with E-state index in [1.807, 2.05) is 32.0 Å². The number of carbonyl (C=O) groups excluding carboxylic acids is 2. The lowest BCUT2D eigenvalue weighted by Crippen LogP contribution is -2.36. The minimum absolute atomic E-state index is 0.0373. The summed E-state index contributed by atoms with van der Waals surface area (Å²) in [6.07, 6.45) is 3.03. The molecular weight excluding hydrogens is 448 g/mol. The molecule has 168 valence electrons. The van der Waals surface area contributed by atoms with E-state index in [9.17, 15) is 18.0 Å². The quantitative estimate of drug-likeness (QED) is 0.601. The van der Waals surface area contributed by atoms with Crippen LogP contribution in [0.25, 0.3) is 11.0 Å². The molecule has 5 rings (SSSR count). The van der Waals surface area contributed by atoms with Crippen LogP contribution in [-0.2, 0) is 22.7 Å². The van der Waals surface area contributed by atoms with E-state index in [0.29, 0.717) is 22.6 Å². The van der Waals surface area contributed by atoms with Crippen LogP contribution in [0.3, 0.4) is 0 Å². The smallest absolute Gasteiger partial charge is 0.292 e. The third-order valence-electron chi connectivity index (χ3n) is 6.24. The predicted octanol–water partition coefficient (Wildman–Crippen LogP) is 3.77. The third-order valence-corrected chi connectivity index (χ3v) is 9.22. The van der Waals surface area contributed by atoms with Crippen LogP contribution in [0.1, 0.15) is 55.3 Å². The fraction of sp³-hybridized carbons (Fsp3) is 0.391. The highest BCUT2D eigenvalue weighted by Crippen LogP contribution is 2.40. The van der Waals surface area contributed by atoms with Crippen molar-refractivity contribution in [3.8, 4) is 0 Å². The molecule has 0 spiro atoms. The Morgan fingerprint density at radius 2 is 1.97 bits per heavy atom. The number of anilines is 1. The number of furan rings is 1. The zero-order chi connectivity index (χ0) is 22.6. The van der Waals surface area contributed by atoms with E-state index in [1.54, 1.807) is 0 Å². The van der Waals surface area contributed by atoms with Gasteiger partial charge >= 0.3 is 0 Å². The number of hydrogen-bond acceptors (Lipinski definition) is 6. The van der Waals surface area contributed by atoms with E-state index < -0.39 is 21.8 Å². The first kappa shape index (κ1) is 21.2. The second-order valence-corrected chi connectivity index (χ2v) is 12.0. The summed E-state index contributed by atoms with van der Waals surface area (Å²) < 4.78 is 29.4. The molecule has 1 aliphatic carbocycles. The average molecular weight is 473 g/mol. The second-order valence-electron chi connectivity index (χ2n) is 8.64. The zero-order valence-corrected chi connectivity index (χ0v) is 19.5. The summed E-state index contributed by atoms with van der Waals surface area (Å²) >= 11 is 1.42. The lowest BCUT2D eigenvalue weighted by atomic mass is 10.1. The Morgan fingerprint density at radius 1 is 1.16 bits per heavy atom. The van der Waals surface area contributed by atoms with Crippen molar-refractivity contribution in [1.82, 2.24) is 5.32 Å². The van der Waals surface area contributed by atoms with Crippen molar-refractivity contribution in [2.24, 2.45) is 0 Å². The SMILES string of the molecule is Cc1ccc2oc(C(=O)Nc3sc4c(c3C(=O)N[C@@H]3CCS(=O)(=O)C3)CCC4)c(C)c2c1. The van der Waals surface area contributed by atoms with Crippen LogP contribution in [0.5, 0.6) is 0 Å². The van der Waals surface area contributed by atoms with Gasteiger partial charge < -0.3 is 15.1 Å². The normalized spacial score (nSPS) is 19.2. The number of fused-ring (bicyclic) bond motifs is 2. The average Bonchev–Trinajstić information content (AvgIpc) is 3.45. The summed E-state index contributed by atoms with van der Waals surface area (Å²) in [5, 5.41) is 7.16. The van der Waals surface area contributed by atoms with E-state index in [-0.39, 0.29) is 23.2 Å². The molecular formula is C23H24N2O5S2. The number of aryl methyl sites for hydroxylation is 3. The number of carbonyl (C=O) groups is 2. The van der Waals surface area contributed by atoms with Crippen molar-refractivity contribution < 1.29 is 22.4 Å². The zero-order valence-electron chi connectivity index (χ0n) is 17.9. The van der Waals surface area contributed by atoms with Gasteiger partial charge in [-0.1, -0.05) is 11.6 Å². The molecule has 2 aromatic heterocycles. The summed E-state index contributed by atoms with van der Waals surface area (Å²) in [6.45, 7) is 3.84. The number of nitrogens with one attached hydrogen (secondary N) is 2. The lowest BCUT2D eigenvalue weighted by Gasteiger charge is -2.13. The molecule has 1 aliphatic heterocycles. The molecule has 0 unspecified atom stereocenters. The Bertz CT molecular complexity index is 1370. The maximum atomic E-state index is 13.1. The van der Waals surface area contributed by atoms with E-state index >= 15 is 0 Å². The van der Waals surface area contributed by atoms with Crippen LogP contribution < -0.4 is 10.6 Å². The molecule has 1 aromatic carbocycles. The van der Waals surface area contributed by atoms with Crippen LogP contribution >= 0.6 is 11.3 Å². The highest BCUT2D eigenvalue weighted by atomic mass is 32.2. The van der Waals surface area contributed by atoms with Crippen molar-refractivity contribution >= 4 is 49.0 Å². The first-order chi connectivity index (χ1) is 15.2. The fourth-order valence-electron chi connectivity index (χ4n) is 4.61. The molecule has 1 atom stereocenters. The summed E-state index contributed by atoms with van der Waals surface area (Å²) in [6, 6.07) is 5.37. The number of thiophene rings is 1. The van der Waals surface area contributed by atoms with Gasteiger partial charge in [-0.25, -0.2) is 8.42 Å². The first-order valence-corrected chi connectivity index (χ1v) is 13.3. The van der Waals surface area contributed by atoms with E-state index in [0.717, 1.165) is 46.2 Å². The van der Waals surface area contributed by atoms with Gasteiger partial charge in [0.15, 0.2) is 15.6 Å². The molecule has 9 heteroatoms. The fourth-order valence-corrected chi connectivity index (χ4v) is 7.57. The van der Waals surface area contributed by atoms with E-state index in [2.05, 4.69) is 10.6 Å². The van der Waals surface area contributed by atoms with Gasteiger partial charge in [0.25, 0.3) is 11.8 Å². The second kappa shape index (κ2) is 7.74. The number of sulfone groups is 1. The van der Waals surface area contributed by atoms with Gasteiger partial charge in [-0.3, -0.25) is 9.59 Å². The summed E-state index contributed by atoms with van der Waals surface area (Å²) in [5.41, 5.74) is 3.90. The largest absolute Gasteiger partial charge is 0.451 e. The molecule has 1 fully saturated rings. The number of rotatable bonds is 4. The topological polar surface area (TPSA) is 105 Å². The molecule has 2 aliphatic rings. The van der Waals surface area contributed by atoms with Gasteiger partial charge in [-0.15, -0.1) is 11.3 Å². The summed E-state index contributed by atoms with van der Waals surface area (Å²) in [5.74, 6) is -0.432. The standard InChI is InChI=1S/C23H24N2O5S2/c1-12-6-7-17-16(10-12)13(2)20(30-17)22(27)25-23-19(15-4-3-5-18(15)31-23)21(26)24-14-8-9-32(28,29)11-14/h6-7,10,14H,3-5,8-9,11H2,1-2H3,(H,24,26)(H,25,27)/t14-/m1/s1. The number of amides is 2. The molecule has 2 amide bonds. The molecule has 0 saturated carbocycles. The van der Waals surface area contributed by atoms with Gasteiger partial charge in [-0.05, 0) is 57.2 Å². The maximum absolute atomic E-state index is 13.1. The van der Waals surface area contributed by atoms with Gasteiger partial charge in [-0.2, -0.15) is 0 Å². The van der Waals surface area contributed by atoms with Gasteiger partial charge in [0.2, 0.25) is 0 Å². The van der Waals surface area contributed by atoms with Gasteiger partial charge in [0, 0.05) is 21.9 Å². The first-order valence-electron chi connectivity index (χ1n) is 10.7. The predicted molar refractivity (Wildman–Crippen MR) is 125 cm³/mol. The number of hydrogen-bond donors (Lipinski definition) is 2. The Hall–Kier alpha value is -2.65. The molecule has 7 nitrogen and oxygen atoms in total. The monoisotopic (exact) mass is 472 g/mol. The Balaban J connectivity index is 1.44. The molecule has 0 bridgehead atoms. The number of benzene rings is 1. The van der Waals surface area contributed by atoms with Crippen molar-refractivity contribution in [3.63, 3.8) is 0 Å². The van der Waals surface area contributed by atoms with Crippen molar-refractivity contribution in [1.29, 1.82) is 0 Å². The maximum Gasteiger partial charge on any atom is 0.292 e. The van der Waals surface area contributed by atoms with Crippen LogP contribution in [0.15, 0.2) is 22.6 Å². The summed E-state index contributed by atoms with van der Waals surface area (Å²) in [4.78, 5) is 27.4. The van der Waals surface area contributed by atoms with Gasteiger partial charge in [0.1, 0.15) is 10.6 Å². The molecule has 32 heavy (non-hydrogen) atoms. The van der Waals surface area contributed by atoms with Crippen LogP contribution in [0.4, 0.5) is 5.00 Å². The molecule has 3 heterocycles. The highest BCUT2D eigenvalue weighted by Gasteiger charge is 2.33. The third kappa shape index (κ3) is 3.73.